The van der Waals surface area contributed by atoms with E-state index in [1.807, 2.05) is 43.3 Å². The summed E-state index contributed by atoms with van der Waals surface area (Å²) in [6.45, 7) is 7.92. The van der Waals surface area contributed by atoms with Crippen LogP contribution in [0.15, 0.2) is 110 Å². The Balaban J connectivity index is 0.000000193. The van der Waals surface area contributed by atoms with Gasteiger partial charge in [-0.3, -0.25) is 0 Å². The average Bonchev–Trinajstić information content (AvgIpc) is 3.53. The van der Waals surface area contributed by atoms with Crippen molar-refractivity contribution in [2.75, 3.05) is 0 Å². The monoisotopic (exact) mass is 550 g/mol. The fraction of sp³-hybridized carbons (Fsp3) is 0.0882. The van der Waals surface area contributed by atoms with E-state index >= 15 is 0 Å². The molecule has 2 aliphatic carbocycles. The van der Waals surface area contributed by atoms with Crippen LogP contribution in [0.2, 0.25) is 0 Å². The van der Waals surface area contributed by atoms with E-state index in [9.17, 15) is 9.59 Å². The third-order valence-corrected chi connectivity index (χ3v) is 5.58. The predicted octanol–water partition coefficient (Wildman–Crippen LogP) is 6.99. The Morgan fingerprint density at radius 2 is 1.00 bits per heavy atom. The first-order valence-corrected chi connectivity index (χ1v) is 13.1. The molecule has 0 unspecified atom stereocenters. The summed E-state index contributed by atoms with van der Waals surface area (Å²) in [7, 11) is 0. The van der Waals surface area contributed by atoms with Gasteiger partial charge in [-0.1, -0.05) is 83.9 Å². The van der Waals surface area contributed by atoms with Crippen molar-refractivity contribution in [3.05, 3.63) is 145 Å². The fourth-order valence-electron chi connectivity index (χ4n) is 4.00. The van der Waals surface area contributed by atoms with Crippen molar-refractivity contribution in [1.29, 1.82) is 0 Å². The van der Waals surface area contributed by atoms with Crippen LogP contribution in [-0.2, 0) is 42.4 Å². The number of rotatable bonds is 2. The molecule has 5 heteroatoms. The van der Waals surface area contributed by atoms with Crippen LogP contribution in [0.25, 0.3) is 22.3 Å². The molecular weight excluding hydrogens is 520 g/mol. The van der Waals surface area contributed by atoms with Crippen molar-refractivity contribution in [3.63, 3.8) is 0 Å². The van der Waals surface area contributed by atoms with E-state index in [-0.39, 0.29) is 0 Å². The van der Waals surface area contributed by atoms with Gasteiger partial charge in [0.25, 0.3) is 0 Å². The molecule has 0 fully saturated rings. The molecule has 6 rings (SSSR count). The van der Waals surface area contributed by atoms with Crippen LogP contribution in [0.3, 0.4) is 0 Å². The van der Waals surface area contributed by atoms with E-state index in [4.69, 9.17) is 10.2 Å². The van der Waals surface area contributed by atoms with Gasteiger partial charge in [0.15, 0.2) is 0 Å². The minimum absolute atomic E-state index is 0.833. The van der Waals surface area contributed by atoms with Gasteiger partial charge in [-0.25, -0.2) is 9.59 Å². The first-order valence-electron chi connectivity index (χ1n) is 12.2. The molecule has 0 spiro atoms. The van der Waals surface area contributed by atoms with E-state index < -0.39 is 11.9 Å². The van der Waals surface area contributed by atoms with E-state index in [1.54, 1.807) is 0 Å². The molecule has 0 heterocycles. The molecule has 0 saturated heterocycles. The van der Waals surface area contributed by atoms with E-state index in [2.05, 4.69) is 98.1 Å². The van der Waals surface area contributed by atoms with Crippen LogP contribution in [0, 0.1) is 12.1 Å². The Morgan fingerprint density at radius 1 is 0.692 bits per heavy atom. The van der Waals surface area contributed by atoms with Crippen molar-refractivity contribution in [3.8, 4) is 22.3 Å². The Morgan fingerprint density at radius 3 is 1.33 bits per heavy atom. The number of carboxylic acids is 2. The molecule has 0 radical (unpaired) electrons. The molecule has 2 aliphatic rings. The number of carbonyl (C=O) groups is 2. The Bertz CT molecular complexity index is 1240. The van der Waals surface area contributed by atoms with Crippen LogP contribution in [0.1, 0.15) is 29.2 Å². The van der Waals surface area contributed by atoms with Crippen molar-refractivity contribution in [2.24, 2.45) is 0 Å². The summed E-state index contributed by atoms with van der Waals surface area (Å²) in [6.07, 6.45) is 3.76. The summed E-state index contributed by atoms with van der Waals surface area (Å²) in [5.41, 5.74) is 11.0. The minimum Gasteiger partial charge on any atom is -0.179 e. The molecule has 39 heavy (non-hydrogen) atoms. The Kier molecular flexibility index (Phi) is 13.3. The molecule has 0 amide bonds. The maximum atomic E-state index is 9.25. The van der Waals surface area contributed by atoms with Crippen LogP contribution >= 0.6 is 0 Å². The number of hydrogen-bond donors (Lipinski definition) is 2. The van der Waals surface area contributed by atoms with Gasteiger partial charge in [-0.15, -0.1) is 11.1 Å². The zero-order chi connectivity index (χ0) is 28.6. The van der Waals surface area contributed by atoms with Gasteiger partial charge in [0, 0.05) is 12.2 Å². The quantitative estimate of drug-likeness (QED) is 0.139. The van der Waals surface area contributed by atoms with Gasteiger partial charge >= 0.3 is 43.1 Å². The third kappa shape index (κ3) is 9.61. The number of fused-ring (bicyclic) bond motifs is 6. The van der Waals surface area contributed by atoms with Gasteiger partial charge < -0.3 is 10.2 Å². The summed E-state index contributed by atoms with van der Waals surface area (Å²) in [4.78, 5) is 18.5. The molecule has 2 N–H and O–H groups in total. The molecule has 4 aromatic rings. The van der Waals surface area contributed by atoms with Gasteiger partial charge in [-0.05, 0) is 12.8 Å². The zero-order valence-electron chi connectivity index (χ0n) is 21.9. The number of benzene rings is 4. The van der Waals surface area contributed by atoms with Gasteiger partial charge in [0.2, 0.25) is 0 Å². The van der Waals surface area contributed by atoms with Crippen molar-refractivity contribution in [1.82, 2.24) is 0 Å². The molecular formula is C34H30O4Ti. The van der Waals surface area contributed by atoms with Crippen LogP contribution < -0.4 is 0 Å². The Hall–Kier alpha value is -4.12. The van der Waals surface area contributed by atoms with Crippen molar-refractivity contribution in [2.45, 2.75) is 19.8 Å². The first-order chi connectivity index (χ1) is 18.9. The van der Waals surface area contributed by atoms with E-state index in [1.165, 1.54) is 44.5 Å². The van der Waals surface area contributed by atoms with Crippen molar-refractivity contribution >= 4 is 16.3 Å². The van der Waals surface area contributed by atoms with Gasteiger partial charge in [-0.2, -0.15) is 59.7 Å². The third-order valence-electron chi connectivity index (χ3n) is 5.58. The predicted molar refractivity (Wildman–Crippen MR) is 154 cm³/mol. The smallest absolute Gasteiger partial charge is 0.0253 e. The molecule has 0 bridgehead atoms. The Labute approximate surface area is 241 Å². The molecule has 0 aromatic heterocycles. The van der Waals surface area contributed by atoms with Crippen LogP contribution in [0.4, 0.5) is 0 Å². The summed E-state index contributed by atoms with van der Waals surface area (Å²) in [5, 5.41) is 15.2. The maximum Gasteiger partial charge on any atom is -0.0253 e. The van der Waals surface area contributed by atoms with E-state index in [0.717, 1.165) is 25.0 Å². The molecule has 194 valence electrons. The SMILES string of the molecule is C=CC(=O)O.C=CC(=O)O.C[CH]=[Ti+2].[c-]1cccc2c1Cc1ccccc1-2.[c-]1cccc2c1Cc1ccccc1-2. The molecule has 4 aromatic carbocycles. The van der Waals surface area contributed by atoms with Crippen LogP contribution in [-0.4, -0.2) is 26.5 Å². The topological polar surface area (TPSA) is 74.6 Å². The van der Waals surface area contributed by atoms with Gasteiger partial charge in [0.1, 0.15) is 0 Å². The number of hydrogen-bond acceptors (Lipinski definition) is 2. The summed E-state index contributed by atoms with van der Waals surface area (Å²) >= 11 is 2.00. The van der Waals surface area contributed by atoms with Gasteiger partial charge in [0.05, 0.1) is 0 Å². The molecule has 0 aliphatic heterocycles. The van der Waals surface area contributed by atoms with E-state index in [0.29, 0.717) is 0 Å². The molecule has 0 saturated carbocycles. The summed E-state index contributed by atoms with van der Waals surface area (Å²) in [5.74, 6) is -1.96. The van der Waals surface area contributed by atoms with Crippen LogP contribution in [0.5, 0.6) is 0 Å². The number of carboxylic acid groups (broad SMARTS) is 2. The zero-order valence-corrected chi connectivity index (χ0v) is 23.4. The van der Waals surface area contributed by atoms with Crippen molar-refractivity contribution < 1.29 is 39.8 Å². The summed E-state index contributed by atoms with van der Waals surface area (Å²) < 4.78 is 2.00. The summed E-state index contributed by atoms with van der Waals surface area (Å²) in [6, 6.07) is 36.2. The first kappa shape index (κ1) is 31.1. The standard InChI is InChI=1S/2C13H9.2C3H4O2.C2H4.Ti/c2*1-3-7-12-10(5-1)9-11-6-2-4-8-13(11)12;2*1-2-3(4)5;1-2;/h2*1-5,7-8H,9H2;2*2H,1H2,(H,4,5);1H,2H3;/q2*-1;;;;+2. The second-order valence-electron chi connectivity index (χ2n) is 8.17. The maximum absolute atomic E-state index is 9.25. The molecule has 0 atom stereocenters. The molecule has 4 nitrogen and oxygen atoms in total. The largest absolute Gasteiger partial charge is 0.179 e. The fourth-order valence-corrected chi connectivity index (χ4v) is 4.00. The minimum atomic E-state index is -0.981. The second-order valence-corrected chi connectivity index (χ2v) is 9.07. The number of aliphatic carboxylic acids is 2. The average molecular weight is 550 g/mol. The normalized spacial score (nSPS) is 10.2. The second kappa shape index (κ2) is 16.7.